The van der Waals surface area contributed by atoms with E-state index in [4.69, 9.17) is 18.9 Å². The number of ether oxygens (including phenoxy) is 4. The van der Waals surface area contributed by atoms with Crippen LogP contribution in [0, 0.1) is 0 Å². The highest BCUT2D eigenvalue weighted by molar-refractivity contribution is 5.80. The molecule has 1 aromatic heterocycles. The Morgan fingerprint density at radius 2 is 1.90 bits per heavy atom. The third-order valence-corrected chi connectivity index (χ3v) is 6.68. The van der Waals surface area contributed by atoms with E-state index in [0.717, 1.165) is 5.52 Å². The monoisotopic (exact) mass is 439 g/mol. The number of fused-ring (bicyclic) bond motifs is 3. The van der Waals surface area contributed by atoms with Crippen molar-refractivity contribution in [3.05, 3.63) is 18.5 Å². The van der Waals surface area contributed by atoms with Crippen molar-refractivity contribution in [2.24, 2.45) is 0 Å². The van der Waals surface area contributed by atoms with Crippen LogP contribution in [0.25, 0.3) is 11.0 Å². The zero-order valence-corrected chi connectivity index (χ0v) is 17.5. The maximum Gasteiger partial charge on any atom is 0.248 e. The lowest BCUT2D eigenvalue weighted by Crippen LogP contribution is -2.60. The molecule has 1 aliphatic carbocycles. The summed E-state index contributed by atoms with van der Waals surface area (Å²) in [6.45, 7) is 0.336. The first-order valence-corrected chi connectivity index (χ1v) is 10.6. The Bertz CT molecular complexity index is 944. The van der Waals surface area contributed by atoms with E-state index in [1.165, 1.54) is 0 Å². The third-order valence-electron chi connectivity index (χ3n) is 6.68. The van der Waals surface area contributed by atoms with Gasteiger partial charge >= 0.3 is 0 Å². The van der Waals surface area contributed by atoms with Crippen LogP contribution in [0.15, 0.2) is 18.5 Å². The molecule has 0 unspecified atom stereocenters. The fourth-order valence-corrected chi connectivity index (χ4v) is 4.97. The first-order chi connectivity index (χ1) is 14.9. The van der Waals surface area contributed by atoms with Gasteiger partial charge in [-0.15, -0.1) is 0 Å². The van der Waals surface area contributed by atoms with Crippen molar-refractivity contribution < 1.29 is 32.8 Å². The van der Waals surface area contributed by atoms with E-state index in [9.17, 15) is 13.9 Å². The number of alkyl halides is 2. The van der Waals surface area contributed by atoms with Gasteiger partial charge in [-0.3, -0.25) is 0 Å². The predicted molar refractivity (Wildman–Crippen MR) is 107 cm³/mol. The minimum Gasteiger partial charge on any atom is -0.493 e. The van der Waals surface area contributed by atoms with Crippen molar-refractivity contribution >= 4 is 11.0 Å². The molecule has 31 heavy (non-hydrogen) atoms. The van der Waals surface area contributed by atoms with E-state index >= 15 is 0 Å². The van der Waals surface area contributed by atoms with Crippen LogP contribution >= 0.6 is 0 Å². The number of nitrogens with one attached hydrogen (secondary N) is 1. The number of aliphatic hydroxyl groups is 1. The average molecular weight is 439 g/mol. The van der Waals surface area contributed by atoms with Gasteiger partial charge in [0, 0.05) is 31.0 Å². The smallest absolute Gasteiger partial charge is 0.248 e. The van der Waals surface area contributed by atoms with Crippen LogP contribution in [0.5, 0.6) is 11.5 Å². The largest absolute Gasteiger partial charge is 0.493 e. The molecule has 10 heteroatoms. The van der Waals surface area contributed by atoms with Crippen molar-refractivity contribution in [1.29, 1.82) is 0 Å². The Kier molecular flexibility index (Phi) is 5.28. The zero-order chi connectivity index (χ0) is 21.8. The molecule has 1 aromatic carbocycles. The van der Waals surface area contributed by atoms with Gasteiger partial charge in [0.2, 0.25) is 5.92 Å². The summed E-state index contributed by atoms with van der Waals surface area (Å²) >= 11 is 0. The van der Waals surface area contributed by atoms with Gasteiger partial charge in [0.05, 0.1) is 50.3 Å². The molecule has 2 N–H and O–H groups in total. The molecule has 1 saturated carbocycles. The van der Waals surface area contributed by atoms with Crippen LogP contribution in [-0.4, -0.2) is 72.0 Å². The Labute approximate surface area is 178 Å². The Hall–Kier alpha value is -2.01. The zero-order valence-electron chi connectivity index (χ0n) is 17.5. The second-order valence-electron chi connectivity index (χ2n) is 8.53. The maximum absolute atomic E-state index is 13.5. The number of aliphatic hydroxyl groups excluding tert-OH is 1. The van der Waals surface area contributed by atoms with Gasteiger partial charge in [-0.05, 0) is 12.8 Å². The molecule has 2 aromatic rings. The third kappa shape index (κ3) is 3.65. The molecule has 0 radical (unpaired) electrons. The lowest BCUT2D eigenvalue weighted by molar-refractivity contribution is -0.166. The molecule has 2 bridgehead atoms. The molecular formula is C21H27F2N3O5. The van der Waals surface area contributed by atoms with Crippen molar-refractivity contribution in [3.8, 4) is 11.5 Å². The van der Waals surface area contributed by atoms with E-state index in [-0.39, 0.29) is 25.0 Å². The van der Waals surface area contributed by atoms with Gasteiger partial charge in [0.15, 0.2) is 17.8 Å². The molecule has 3 fully saturated rings. The lowest BCUT2D eigenvalue weighted by atomic mass is 9.89. The van der Waals surface area contributed by atoms with Crippen LogP contribution in [0.3, 0.4) is 0 Å². The normalized spacial score (nSPS) is 33.0. The number of benzene rings is 1. The number of rotatable bonds is 5. The quantitative estimate of drug-likeness (QED) is 0.739. The van der Waals surface area contributed by atoms with Crippen molar-refractivity contribution in [2.75, 3.05) is 20.8 Å². The van der Waals surface area contributed by atoms with Gasteiger partial charge in [0.1, 0.15) is 12.1 Å². The van der Waals surface area contributed by atoms with Gasteiger partial charge in [0.25, 0.3) is 0 Å². The number of methoxy groups -OCH3 is 2. The summed E-state index contributed by atoms with van der Waals surface area (Å²) < 4.78 is 51.6. The minimum atomic E-state index is -2.60. The molecule has 0 spiro atoms. The van der Waals surface area contributed by atoms with Gasteiger partial charge < -0.3 is 33.9 Å². The second kappa shape index (κ2) is 7.84. The number of imidazole rings is 1. The average Bonchev–Trinajstić information content (AvgIpc) is 3.37. The Morgan fingerprint density at radius 1 is 1.19 bits per heavy atom. The van der Waals surface area contributed by atoms with E-state index in [1.54, 1.807) is 32.7 Å². The van der Waals surface area contributed by atoms with Gasteiger partial charge in [-0.25, -0.2) is 13.8 Å². The summed E-state index contributed by atoms with van der Waals surface area (Å²) in [7, 11) is 3.12. The number of hydrogen-bond donors (Lipinski definition) is 2. The van der Waals surface area contributed by atoms with Crippen LogP contribution in [0.4, 0.5) is 8.78 Å². The van der Waals surface area contributed by atoms with Crippen molar-refractivity contribution in [1.82, 2.24) is 14.9 Å². The van der Waals surface area contributed by atoms with E-state index in [0.29, 0.717) is 36.5 Å². The highest BCUT2D eigenvalue weighted by Gasteiger charge is 2.52. The Balaban J connectivity index is 1.43. The van der Waals surface area contributed by atoms with Crippen LogP contribution < -0.4 is 14.8 Å². The maximum atomic E-state index is 13.5. The summed E-state index contributed by atoms with van der Waals surface area (Å²) in [5, 5.41) is 14.7. The molecule has 2 saturated heterocycles. The molecule has 5 atom stereocenters. The number of aromatic nitrogens is 2. The number of hydrogen-bond acceptors (Lipinski definition) is 7. The summed E-state index contributed by atoms with van der Waals surface area (Å²) in [5.74, 6) is -1.49. The Morgan fingerprint density at radius 3 is 2.61 bits per heavy atom. The second-order valence-corrected chi connectivity index (χ2v) is 8.53. The highest BCUT2D eigenvalue weighted by Crippen LogP contribution is 2.40. The number of nitrogens with zero attached hydrogens (tertiary/aromatic N) is 2. The molecule has 3 aliphatic rings. The van der Waals surface area contributed by atoms with Gasteiger partial charge in [-0.1, -0.05) is 0 Å². The summed E-state index contributed by atoms with van der Waals surface area (Å²) in [4.78, 5) is 4.45. The fraction of sp³-hybridized carbons (Fsp3) is 0.667. The first kappa shape index (κ1) is 20.9. The molecule has 0 amide bonds. The molecule has 170 valence electrons. The van der Waals surface area contributed by atoms with E-state index in [1.807, 2.05) is 4.57 Å². The molecule has 8 nitrogen and oxygen atoms in total. The molecular weight excluding hydrogens is 412 g/mol. The van der Waals surface area contributed by atoms with Crippen LogP contribution in [-0.2, 0) is 9.47 Å². The van der Waals surface area contributed by atoms with Gasteiger partial charge in [-0.2, -0.15) is 0 Å². The molecule has 5 rings (SSSR count). The van der Waals surface area contributed by atoms with Crippen molar-refractivity contribution in [3.63, 3.8) is 0 Å². The number of halogens is 2. The van der Waals surface area contributed by atoms with Crippen LogP contribution in [0.2, 0.25) is 0 Å². The SMILES string of the molecule is COc1cc2ncn([C@H]3[C@@H]4OC[C@@H](O4)[C@@H](NC4CCC(F)(F)CC4)[C@@H]3O)c2cc1OC. The predicted octanol–water partition coefficient (Wildman–Crippen LogP) is 2.25. The van der Waals surface area contributed by atoms with E-state index in [2.05, 4.69) is 10.3 Å². The van der Waals surface area contributed by atoms with Crippen molar-refractivity contribution in [2.45, 2.75) is 68.2 Å². The summed E-state index contributed by atoms with van der Waals surface area (Å²) in [6, 6.07) is 2.50. The standard InChI is InChI=1S/C21H27F2N3O5/c1-28-14-7-12-13(8-15(14)29-2)26(10-24-12)18-19(27)17(16-9-30-20(18)31-16)25-11-3-5-21(22,23)6-4-11/h7-8,10-11,16-20,25,27H,3-6,9H2,1-2H3/t16-,17-,18-,19+,20-/m1/s1. The lowest BCUT2D eigenvalue weighted by Gasteiger charge is -2.42. The summed E-state index contributed by atoms with van der Waals surface area (Å²) in [5.41, 5.74) is 1.43. The first-order valence-electron chi connectivity index (χ1n) is 10.6. The minimum absolute atomic E-state index is 0.0930. The topological polar surface area (TPSA) is 87.0 Å². The highest BCUT2D eigenvalue weighted by atomic mass is 19.3. The molecule has 3 heterocycles. The molecule has 2 aliphatic heterocycles. The van der Waals surface area contributed by atoms with E-state index < -0.39 is 30.4 Å². The summed E-state index contributed by atoms with van der Waals surface area (Å²) in [6.07, 6.45) is 0.277. The fourth-order valence-electron chi connectivity index (χ4n) is 4.97. The van der Waals surface area contributed by atoms with Crippen LogP contribution in [0.1, 0.15) is 31.7 Å².